The van der Waals surface area contributed by atoms with Gasteiger partial charge in [0.2, 0.25) is 4.96 Å². The third-order valence-electron chi connectivity index (χ3n) is 3.58. The second kappa shape index (κ2) is 6.33. The van der Waals surface area contributed by atoms with Gasteiger partial charge in [-0.05, 0) is 24.3 Å². The number of imidazole rings is 1. The van der Waals surface area contributed by atoms with E-state index >= 15 is 0 Å². The molecular weight excluding hydrogens is 322 g/mol. The van der Waals surface area contributed by atoms with Gasteiger partial charge in [-0.15, -0.1) is 0 Å². The van der Waals surface area contributed by atoms with Crippen LogP contribution in [0.4, 0.5) is 0 Å². The third-order valence-corrected chi connectivity index (χ3v) is 4.47. The lowest BCUT2D eigenvalue weighted by molar-refractivity contribution is 0.303. The monoisotopic (exact) mass is 337 g/mol. The molecule has 2 heterocycles. The van der Waals surface area contributed by atoms with Gasteiger partial charge in [0.25, 0.3) is 0 Å². The first kappa shape index (κ1) is 14.7. The first-order valence-electron chi connectivity index (χ1n) is 7.49. The van der Waals surface area contributed by atoms with E-state index in [1.54, 1.807) is 11.6 Å². The molecule has 5 nitrogen and oxygen atoms in total. The van der Waals surface area contributed by atoms with E-state index in [4.69, 9.17) is 9.47 Å². The van der Waals surface area contributed by atoms with Crippen LogP contribution in [0.1, 0.15) is 5.01 Å². The summed E-state index contributed by atoms with van der Waals surface area (Å²) in [5, 5.41) is 5.41. The predicted molar refractivity (Wildman–Crippen MR) is 93.6 cm³/mol. The zero-order valence-electron chi connectivity index (χ0n) is 13.0. The number of rotatable bonds is 5. The second-order valence-electron chi connectivity index (χ2n) is 5.18. The molecule has 0 saturated carbocycles. The largest absolute Gasteiger partial charge is 0.497 e. The quantitative estimate of drug-likeness (QED) is 0.551. The number of hydrogen-bond donors (Lipinski definition) is 0. The van der Waals surface area contributed by atoms with Crippen molar-refractivity contribution in [3.05, 3.63) is 65.8 Å². The molecule has 0 aliphatic carbocycles. The Hall–Kier alpha value is -2.86. The van der Waals surface area contributed by atoms with Crippen molar-refractivity contribution in [2.45, 2.75) is 6.61 Å². The molecule has 0 unspecified atom stereocenters. The minimum Gasteiger partial charge on any atom is -0.497 e. The van der Waals surface area contributed by atoms with E-state index in [0.717, 1.165) is 32.7 Å². The Labute approximate surface area is 143 Å². The summed E-state index contributed by atoms with van der Waals surface area (Å²) in [4.78, 5) is 5.49. The van der Waals surface area contributed by atoms with Crippen LogP contribution < -0.4 is 9.47 Å². The molecule has 0 spiro atoms. The van der Waals surface area contributed by atoms with Crippen molar-refractivity contribution in [3.63, 3.8) is 0 Å². The van der Waals surface area contributed by atoms with Gasteiger partial charge >= 0.3 is 0 Å². The van der Waals surface area contributed by atoms with Crippen LogP contribution in [0.15, 0.2) is 60.8 Å². The minimum atomic E-state index is 0.418. The maximum absolute atomic E-state index is 5.76. The smallest absolute Gasteiger partial charge is 0.212 e. The van der Waals surface area contributed by atoms with Gasteiger partial charge in [-0.2, -0.15) is 5.10 Å². The highest BCUT2D eigenvalue weighted by atomic mass is 32.1. The molecule has 4 rings (SSSR count). The summed E-state index contributed by atoms with van der Waals surface area (Å²) < 4.78 is 12.7. The molecule has 0 fully saturated rings. The number of hydrogen-bond acceptors (Lipinski definition) is 5. The van der Waals surface area contributed by atoms with Crippen LogP contribution in [0.25, 0.3) is 16.2 Å². The van der Waals surface area contributed by atoms with E-state index in [-0.39, 0.29) is 0 Å². The van der Waals surface area contributed by atoms with Crippen LogP contribution in [0, 0.1) is 0 Å². The van der Waals surface area contributed by atoms with Gasteiger partial charge < -0.3 is 9.47 Å². The second-order valence-corrected chi connectivity index (χ2v) is 6.22. The topological polar surface area (TPSA) is 48.7 Å². The van der Waals surface area contributed by atoms with Gasteiger partial charge in [0, 0.05) is 5.56 Å². The summed E-state index contributed by atoms with van der Waals surface area (Å²) in [6, 6.07) is 17.6. The Kier molecular flexibility index (Phi) is 3.88. The van der Waals surface area contributed by atoms with E-state index < -0.39 is 0 Å². The van der Waals surface area contributed by atoms with Crippen molar-refractivity contribution in [1.82, 2.24) is 14.6 Å². The zero-order chi connectivity index (χ0) is 16.4. The lowest BCUT2D eigenvalue weighted by Gasteiger charge is -2.04. The number of ether oxygens (including phenoxy) is 2. The molecule has 0 saturated heterocycles. The highest BCUT2D eigenvalue weighted by Crippen LogP contribution is 2.23. The number of methoxy groups -OCH3 is 1. The van der Waals surface area contributed by atoms with Gasteiger partial charge in [-0.3, -0.25) is 0 Å². The number of nitrogens with zero attached hydrogens (tertiary/aromatic N) is 3. The summed E-state index contributed by atoms with van der Waals surface area (Å²) in [5.74, 6) is 1.59. The fraction of sp³-hybridized carbons (Fsp3) is 0.111. The fourth-order valence-electron chi connectivity index (χ4n) is 2.36. The van der Waals surface area contributed by atoms with Crippen molar-refractivity contribution in [2.75, 3.05) is 7.11 Å². The molecule has 0 amide bonds. The van der Waals surface area contributed by atoms with Gasteiger partial charge in [0.15, 0.2) is 5.01 Å². The Morgan fingerprint density at radius 3 is 2.46 bits per heavy atom. The number of benzene rings is 2. The van der Waals surface area contributed by atoms with E-state index in [1.807, 2.05) is 60.8 Å². The van der Waals surface area contributed by atoms with Crippen molar-refractivity contribution in [1.29, 1.82) is 0 Å². The minimum absolute atomic E-state index is 0.418. The van der Waals surface area contributed by atoms with E-state index in [0.29, 0.717) is 6.61 Å². The highest BCUT2D eigenvalue weighted by molar-refractivity contribution is 7.16. The lowest BCUT2D eigenvalue weighted by Crippen LogP contribution is -1.96. The predicted octanol–water partition coefficient (Wildman–Crippen LogP) is 4.05. The van der Waals surface area contributed by atoms with Crippen LogP contribution in [-0.4, -0.2) is 21.7 Å². The molecule has 0 radical (unpaired) electrons. The van der Waals surface area contributed by atoms with E-state index in [1.165, 1.54) is 11.3 Å². The first-order chi connectivity index (χ1) is 11.8. The molecule has 0 aliphatic heterocycles. The molecule has 0 aliphatic rings. The van der Waals surface area contributed by atoms with Crippen LogP contribution in [-0.2, 0) is 6.61 Å². The van der Waals surface area contributed by atoms with E-state index in [9.17, 15) is 0 Å². The highest BCUT2D eigenvalue weighted by Gasteiger charge is 2.10. The summed E-state index contributed by atoms with van der Waals surface area (Å²) in [6.07, 6.45) is 1.94. The Bertz CT molecular complexity index is 914. The maximum Gasteiger partial charge on any atom is 0.212 e. The lowest BCUT2D eigenvalue weighted by atomic mass is 10.2. The molecule has 0 atom stereocenters. The van der Waals surface area contributed by atoms with Gasteiger partial charge in [-0.1, -0.05) is 41.7 Å². The van der Waals surface area contributed by atoms with Crippen molar-refractivity contribution in [2.24, 2.45) is 0 Å². The Balaban J connectivity index is 1.48. The molecule has 120 valence electrons. The SMILES string of the molecule is COc1ccc(OCc2nn3cc(-c4ccccc4)nc3s2)cc1. The molecule has 6 heteroatoms. The molecule has 24 heavy (non-hydrogen) atoms. The molecule has 2 aromatic heterocycles. The normalized spacial score (nSPS) is 10.9. The molecule has 2 aromatic carbocycles. The van der Waals surface area contributed by atoms with Crippen LogP contribution in [0.5, 0.6) is 11.5 Å². The van der Waals surface area contributed by atoms with E-state index in [2.05, 4.69) is 10.1 Å². The summed E-state index contributed by atoms with van der Waals surface area (Å²) in [7, 11) is 1.64. The van der Waals surface area contributed by atoms with Crippen molar-refractivity contribution in [3.8, 4) is 22.8 Å². The fourth-order valence-corrected chi connectivity index (χ4v) is 3.15. The molecular formula is C18H15N3O2S. The maximum atomic E-state index is 5.76. The molecule has 4 aromatic rings. The van der Waals surface area contributed by atoms with Crippen molar-refractivity contribution >= 4 is 16.3 Å². The van der Waals surface area contributed by atoms with Crippen LogP contribution >= 0.6 is 11.3 Å². The van der Waals surface area contributed by atoms with Crippen molar-refractivity contribution < 1.29 is 9.47 Å². The summed E-state index contributed by atoms with van der Waals surface area (Å²) in [6.45, 7) is 0.418. The number of aromatic nitrogens is 3. The molecule has 0 N–H and O–H groups in total. The van der Waals surface area contributed by atoms with Crippen LogP contribution in [0.3, 0.4) is 0 Å². The summed E-state index contributed by atoms with van der Waals surface area (Å²) >= 11 is 1.53. The average Bonchev–Trinajstić information content (AvgIpc) is 3.20. The zero-order valence-corrected chi connectivity index (χ0v) is 13.9. The Morgan fingerprint density at radius 2 is 1.75 bits per heavy atom. The van der Waals surface area contributed by atoms with Gasteiger partial charge in [-0.25, -0.2) is 9.50 Å². The number of fused-ring (bicyclic) bond motifs is 1. The van der Waals surface area contributed by atoms with Gasteiger partial charge in [0.1, 0.15) is 18.1 Å². The Morgan fingerprint density at radius 1 is 1.00 bits per heavy atom. The van der Waals surface area contributed by atoms with Crippen LogP contribution in [0.2, 0.25) is 0 Å². The first-order valence-corrected chi connectivity index (χ1v) is 8.31. The third kappa shape index (κ3) is 2.96. The average molecular weight is 337 g/mol. The summed E-state index contributed by atoms with van der Waals surface area (Å²) in [5.41, 5.74) is 2.02. The molecule has 0 bridgehead atoms. The van der Waals surface area contributed by atoms with Gasteiger partial charge in [0.05, 0.1) is 19.0 Å². The standard InChI is InChI=1S/C18H15N3O2S/c1-22-14-7-9-15(10-8-14)23-12-17-20-21-11-16(19-18(21)24-17)13-5-3-2-4-6-13/h2-11H,12H2,1H3.